The number of nitrogens with one attached hydrogen (secondary N) is 2. The van der Waals surface area contributed by atoms with Gasteiger partial charge in [0.25, 0.3) is 0 Å². The van der Waals surface area contributed by atoms with Gasteiger partial charge in [-0.25, -0.2) is 9.97 Å². The Balaban J connectivity index is 2.11. The predicted molar refractivity (Wildman–Crippen MR) is 58.8 cm³/mol. The van der Waals surface area contributed by atoms with E-state index in [1.165, 1.54) is 11.8 Å². The highest BCUT2D eigenvalue weighted by molar-refractivity contribution is 7.99. The molecule has 0 saturated carbocycles. The van der Waals surface area contributed by atoms with Crippen LogP contribution in [0.15, 0.2) is 28.8 Å². The van der Waals surface area contributed by atoms with Gasteiger partial charge in [0.1, 0.15) is 5.03 Å². The zero-order valence-electron chi connectivity index (χ0n) is 8.01. The van der Waals surface area contributed by atoms with Crippen LogP contribution in [0, 0.1) is 0 Å². The summed E-state index contributed by atoms with van der Waals surface area (Å²) in [5, 5.41) is 8.97. The molecule has 16 heavy (non-hydrogen) atoms. The van der Waals surface area contributed by atoms with Crippen molar-refractivity contribution in [3.63, 3.8) is 0 Å². The first-order valence-electron chi connectivity index (χ1n) is 4.47. The third kappa shape index (κ3) is 1.48. The molecule has 3 aromatic heterocycles. The Morgan fingerprint density at radius 2 is 2.25 bits per heavy atom. The number of hydrogen-bond donors (Lipinski definition) is 3. The summed E-state index contributed by atoms with van der Waals surface area (Å²) < 4.78 is 0. The van der Waals surface area contributed by atoms with Gasteiger partial charge in [0.2, 0.25) is 5.95 Å². The highest BCUT2D eigenvalue weighted by Gasteiger charge is 2.10. The second-order valence-electron chi connectivity index (χ2n) is 3.02. The lowest BCUT2D eigenvalue weighted by molar-refractivity contribution is 1.04. The Labute approximate surface area is 93.9 Å². The van der Waals surface area contributed by atoms with Crippen molar-refractivity contribution in [1.82, 2.24) is 30.1 Å². The van der Waals surface area contributed by atoms with E-state index in [1.54, 1.807) is 18.6 Å². The zero-order chi connectivity index (χ0) is 11.0. The van der Waals surface area contributed by atoms with Crippen LogP contribution in [0.3, 0.4) is 0 Å². The number of nitrogen functional groups attached to an aromatic ring is 1. The van der Waals surface area contributed by atoms with Crippen molar-refractivity contribution in [2.75, 3.05) is 5.73 Å². The largest absolute Gasteiger partial charge is 0.368 e. The van der Waals surface area contributed by atoms with Crippen molar-refractivity contribution in [2.24, 2.45) is 0 Å². The Bertz CT molecular complexity index is 614. The van der Waals surface area contributed by atoms with E-state index in [1.807, 2.05) is 0 Å². The second kappa shape index (κ2) is 3.49. The summed E-state index contributed by atoms with van der Waals surface area (Å²) >= 11 is 1.38. The summed E-state index contributed by atoms with van der Waals surface area (Å²) in [6.45, 7) is 0. The van der Waals surface area contributed by atoms with E-state index in [0.717, 1.165) is 15.6 Å². The first kappa shape index (κ1) is 9.16. The molecule has 0 amide bonds. The van der Waals surface area contributed by atoms with E-state index in [0.29, 0.717) is 5.65 Å². The summed E-state index contributed by atoms with van der Waals surface area (Å²) in [5.41, 5.74) is 6.23. The second-order valence-corrected chi connectivity index (χ2v) is 3.99. The summed E-state index contributed by atoms with van der Waals surface area (Å²) in [6.07, 6.45) is 5.10. The van der Waals surface area contributed by atoms with Crippen LogP contribution in [0.2, 0.25) is 0 Å². The summed E-state index contributed by atoms with van der Waals surface area (Å²) in [5.74, 6) is 0.214. The van der Waals surface area contributed by atoms with Crippen LogP contribution in [0.5, 0.6) is 0 Å². The topological polar surface area (TPSA) is 109 Å². The number of rotatable bonds is 2. The minimum Gasteiger partial charge on any atom is -0.368 e. The lowest BCUT2D eigenvalue weighted by Crippen LogP contribution is -1.96. The Morgan fingerprint density at radius 1 is 1.31 bits per heavy atom. The van der Waals surface area contributed by atoms with Gasteiger partial charge in [-0.15, -0.1) is 0 Å². The normalized spacial score (nSPS) is 11.0. The highest BCUT2D eigenvalue weighted by Crippen LogP contribution is 2.28. The predicted octanol–water partition coefficient (Wildman–Crippen LogP) is 0.809. The van der Waals surface area contributed by atoms with Gasteiger partial charge >= 0.3 is 0 Å². The molecule has 0 aromatic carbocycles. The molecule has 0 aliphatic carbocycles. The van der Waals surface area contributed by atoms with Crippen molar-refractivity contribution in [3.8, 4) is 0 Å². The molecule has 0 saturated heterocycles. The molecule has 0 aliphatic rings. The van der Waals surface area contributed by atoms with E-state index in [2.05, 4.69) is 30.1 Å². The first-order valence-corrected chi connectivity index (χ1v) is 5.28. The standard InChI is InChI=1S/C8H7N7S/c9-7-13-5-4(3-12-15-5)6(14-7)16-8-10-1-2-11-8/h1-3H,(H,10,11)(H3,9,12,13,14,15). The molecule has 0 unspecified atom stereocenters. The molecule has 0 fully saturated rings. The smallest absolute Gasteiger partial charge is 0.223 e. The number of hydrogen-bond acceptors (Lipinski definition) is 6. The maximum absolute atomic E-state index is 5.60. The molecule has 7 nitrogen and oxygen atoms in total. The van der Waals surface area contributed by atoms with Crippen LogP contribution in [-0.4, -0.2) is 30.1 Å². The van der Waals surface area contributed by atoms with E-state index >= 15 is 0 Å². The average molecular weight is 233 g/mol. The molecular formula is C8H7N7S. The first-order chi connectivity index (χ1) is 7.83. The average Bonchev–Trinajstić information content (AvgIpc) is 2.87. The number of imidazole rings is 1. The van der Waals surface area contributed by atoms with Gasteiger partial charge in [0.05, 0.1) is 11.6 Å². The molecule has 3 rings (SSSR count). The minimum atomic E-state index is 0.214. The third-order valence-electron chi connectivity index (χ3n) is 1.96. The fraction of sp³-hybridized carbons (Fsp3) is 0. The van der Waals surface area contributed by atoms with Crippen molar-refractivity contribution in [1.29, 1.82) is 0 Å². The Hall–Kier alpha value is -2.09. The minimum absolute atomic E-state index is 0.214. The van der Waals surface area contributed by atoms with Crippen molar-refractivity contribution in [3.05, 3.63) is 18.6 Å². The lowest BCUT2D eigenvalue weighted by Gasteiger charge is -1.99. The molecule has 0 atom stereocenters. The molecule has 3 heterocycles. The molecule has 80 valence electrons. The Morgan fingerprint density at radius 3 is 3.06 bits per heavy atom. The van der Waals surface area contributed by atoms with Crippen molar-refractivity contribution < 1.29 is 0 Å². The molecule has 0 bridgehead atoms. The van der Waals surface area contributed by atoms with E-state index in [4.69, 9.17) is 5.73 Å². The van der Waals surface area contributed by atoms with Gasteiger partial charge in [-0.1, -0.05) is 0 Å². The van der Waals surface area contributed by atoms with Gasteiger partial charge < -0.3 is 10.7 Å². The fourth-order valence-corrected chi connectivity index (χ4v) is 2.12. The van der Waals surface area contributed by atoms with Crippen LogP contribution in [0.1, 0.15) is 0 Å². The van der Waals surface area contributed by atoms with Crippen molar-refractivity contribution >= 4 is 28.7 Å². The maximum atomic E-state index is 5.60. The van der Waals surface area contributed by atoms with Crippen LogP contribution in [-0.2, 0) is 0 Å². The molecule has 4 N–H and O–H groups in total. The van der Waals surface area contributed by atoms with Gasteiger partial charge in [-0.2, -0.15) is 10.1 Å². The zero-order valence-corrected chi connectivity index (χ0v) is 8.82. The molecule has 0 aliphatic heterocycles. The summed E-state index contributed by atoms with van der Waals surface area (Å²) in [6, 6.07) is 0. The molecule has 0 radical (unpaired) electrons. The van der Waals surface area contributed by atoms with Crippen LogP contribution in [0.4, 0.5) is 5.95 Å². The summed E-state index contributed by atoms with van der Waals surface area (Å²) in [7, 11) is 0. The van der Waals surface area contributed by atoms with Gasteiger partial charge in [0, 0.05) is 12.4 Å². The third-order valence-corrected chi connectivity index (χ3v) is 2.88. The SMILES string of the molecule is Nc1nc(Sc2ncc[nH]2)c2cn[nH]c2n1. The highest BCUT2D eigenvalue weighted by atomic mass is 32.2. The quantitative estimate of drug-likeness (QED) is 0.565. The maximum Gasteiger partial charge on any atom is 0.223 e. The number of fused-ring (bicyclic) bond motifs is 1. The molecule has 0 spiro atoms. The number of aromatic nitrogens is 6. The van der Waals surface area contributed by atoms with Crippen LogP contribution < -0.4 is 5.73 Å². The van der Waals surface area contributed by atoms with Gasteiger partial charge in [-0.05, 0) is 11.8 Å². The van der Waals surface area contributed by atoms with E-state index in [-0.39, 0.29) is 5.95 Å². The fourth-order valence-electron chi connectivity index (χ4n) is 1.30. The van der Waals surface area contributed by atoms with Crippen molar-refractivity contribution in [2.45, 2.75) is 10.2 Å². The molecule has 3 aromatic rings. The van der Waals surface area contributed by atoms with Crippen LogP contribution in [0.25, 0.3) is 11.0 Å². The van der Waals surface area contributed by atoms with Gasteiger partial charge in [0.15, 0.2) is 10.8 Å². The van der Waals surface area contributed by atoms with Crippen LogP contribution >= 0.6 is 11.8 Å². The monoisotopic (exact) mass is 233 g/mol. The number of nitrogens with two attached hydrogens (primary N) is 1. The summed E-state index contributed by atoms with van der Waals surface area (Å²) in [4.78, 5) is 15.3. The lowest BCUT2D eigenvalue weighted by atomic mass is 10.4. The van der Waals surface area contributed by atoms with E-state index < -0.39 is 0 Å². The number of nitrogens with zero attached hydrogens (tertiary/aromatic N) is 4. The Kier molecular flexibility index (Phi) is 2.00. The molecule has 8 heteroatoms. The van der Waals surface area contributed by atoms with Gasteiger partial charge in [-0.3, -0.25) is 5.10 Å². The van der Waals surface area contributed by atoms with E-state index in [9.17, 15) is 0 Å². The molecular weight excluding hydrogens is 226 g/mol. The number of H-pyrrole nitrogens is 2. The number of aromatic amines is 2. The number of anilines is 1.